The third-order valence-electron chi connectivity index (χ3n) is 1.81. The van der Waals surface area contributed by atoms with Crippen LogP contribution < -0.4 is 4.74 Å². The molecule has 0 fully saturated rings. The van der Waals surface area contributed by atoms with Gasteiger partial charge in [-0.15, -0.1) is 0 Å². The molecule has 2 aromatic rings. The first-order chi connectivity index (χ1) is 7.68. The highest BCUT2D eigenvalue weighted by molar-refractivity contribution is 9.10. The molecule has 1 aromatic carbocycles. The Hall–Kier alpha value is -1.49. The Morgan fingerprint density at radius 1 is 1.25 bits per heavy atom. The van der Waals surface area contributed by atoms with Crippen LogP contribution in [0.5, 0.6) is 11.5 Å². The standard InChI is InChI=1S/C11H5BrF2NO/c12-7-6-15-5-4-10(7)16-11-8(13)2-1-3-9(11)14/h1-4,6H. The highest BCUT2D eigenvalue weighted by Crippen LogP contribution is 2.31. The second kappa shape index (κ2) is 4.57. The fraction of sp³-hybridized carbons (Fsp3) is 0. The van der Waals surface area contributed by atoms with Crippen molar-refractivity contribution in [1.29, 1.82) is 0 Å². The summed E-state index contributed by atoms with van der Waals surface area (Å²) in [4.78, 5) is 3.69. The Balaban J connectivity index is 2.38. The number of aromatic nitrogens is 1. The van der Waals surface area contributed by atoms with E-state index in [-0.39, 0.29) is 5.75 Å². The van der Waals surface area contributed by atoms with Gasteiger partial charge < -0.3 is 4.74 Å². The van der Waals surface area contributed by atoms with E-state index < -0.39 is 17.4 Å². The molecule has 1 heterocycles. The predicted molar refractivity (Wildman–Crippen MR) is 57.2 cm³/mol. The molecule has 0 spiro atoms. The molecule has 2 nitrogen and oxygen atoms in total. The van der Waals surface area contributed by atoms with Crippen LogP contribution in [-0.2, 0) is 0 Å². The van der Waals surface area contributed by atoms with E-state index in [4.69, 9.17) is 4.74 Å². The highest BCUT2D eigenvalue weighted by Gasteiger charge is 2.12. The molecule has 1 aromatic heterocycles. The predicted octanol–water partition coefficient (Wildman–Crippen LogP) is 3.71. The molecule has 0 saturated heterocycles. The summed E-state index contributed by atoms with van der Waals surface area (Å²) >= 11 is 3.15. The Kier molecular flexibility index (Phi) is 3.14. The third-order valence-corrected chi connectivity index (χ3v) is 2.41. The van der Waals surface area contributed by atoms with Crippen LogP contribution in [0.2, 0.25) is 0 Å². The van der Waals surface area contributed by atoms with E-state index >= 15 is 0 Å². The molecule has 0 N–H and O–H groups in total. The molecule has 0 amide bonds. The van der Waals surface area contributed by atoms with Crippen LogP contribution in [0.1, 0.15) is 0 Å². The van der Waals surface area contributed by atoms with E-state index in [1.54, 1.807) is 0 Å². The van der Waals surface area contributed by atoms with Crippen molar-refractivity contribution in [3.8, 4) is 11.5 Å². The second-order valence-corrected chi connectivity index (χ2v) is 3.75. The van der Waals surface area contributed by atoms with Crippen LogP contribution >= 0.6 is 15.9 Å². The first-order valence-electron chi connectivity index (χ1n) is 4.32. The van der Waals surface area contributed by atoms with Gasteiger partial charge in [0.2, 0.25) is 0 Å². The third kappa shape index (κ3) is 2.19. The molecule has 5 heteroatoms. The van der Waals surface area contributed by atoms with Gasteiger partial charge in [0, 0.05) is 12.3 Å². The van der Waals surface area contributed by atoms with E-state index in [2.05, 4.69) is 27.1 Å². The van der Waals surface area contributed by atoms with Crippen molar-refractivity contribution < 1.29 is 13.5 Å². The number of pyridine rings is 1. The summed E-state index contributed by atoms with van der Waals surface area (Å²) in [7, 11) is 0. The number of nitrogens with zero attached hydrogens (tertiary/aromatic N) is 1. The SMILES string of the molecule is Fc1cccc(F)c1Oc1c[c]ncc1Br. The Labute approximate surface area is 99.0 Å². The molecule has 0 bridgehead atoms. The minimum absolute atomic E-state index is 0.249. The number of halogens is 3. The average molecular weight is 285 g/mol. The van der Waals surface area contributed by atoms with Gasteiger partial charge in [-0.3, -0.25) is 4.98 Å². The molecule has 0 aliphatic rings. The minimum Gasteiger partial charge on any atom is -0.450 e. The highest BCUT2D eigenvalue weighted by atomic mass is 79.9. The molecule has 0 unspecified atom stereocenters. The van der Waals surface area contributed by atoms with E-state index in [0.717, 1.165) is 12.1 Å². The fourth-order valence-corrected chi connectivity index (χ4v) is 1.39. The second-order valence-electron chi connectivity index (χ2n) is 2.90. The van der Waals surface area contributed by atoms with Crippen LogP contribution in [0.3, 0.4) is 0 Å². The Morgan fingerprint density at radius 3 is 2.56 bits per heavy atom. The van der Waals surface area contributed by atoms with Crippen LogP contribution in [-0.4, -0.2) is 4.98 Å². The number of para-hydroxylation sites is 1. The van der Waals surface area contributed by atoms with Gasteiger partial charge in [-0.25, -0.2) is 8.78 Å². The molecule has 0 aliphatic heterocycles. The Morgan fingerprint density at radius 2 is 1.94 bits per heavy atom. The number of hydrogen-bond acceptors (Lipinski definition) is 2. The van der Waals surface area contributed by atoms with Crippen LogP contribution in [0.25, 0.3) is 0 Å². The first kappa shape index (κ1) is 11.0. The van der Waals surface area contributed by atoms with E-state index in [9.17, 15) is 8.78 Å². The molecule has 2 rings (SSSR count). The van der Waals surface area contributed by atoms with E-state index in [0.29, 0.717) is 4.47 Å². The summed E-state index contributed by atoms with van der Waals surface area (Å²) in [6, 6.07) is 4.90. The number of rotatable bonds is 2. The van der Waals surface area contributed by atoms with Crippen molar-refractivity contribution in [2.75, 3.05) is 0 Å². The van der Waals surface area contributed by atoms with Gasteiger partial charge in [-0.2, -0.15) is 0 Å². The van der Waals surface area contributed by atoms with Gasteiger partial charge in [0.05, 0.1) is 10.7 Å². The van der Waals surface area contributed by atoms with Crippen molar-refractivity contribution in [1.82, 2.24) is 4.98 Å². The number of benzene rings is 1. The van der Waals surface area contributed by atoms with Crippen LogP contribution in [0, 0.1) is 17.8 Å². The smallest absolute Gasteiger partial charge is 0.198 e. The van der Waals surface area contributed by atoms with Crippen molar-refractivity contribution in [3.63, 3.8) is 0 Å². The first-order valence-corrected chi connectivity index (χ1v) is 5.11. The fourth-order valence-electron chi connectivity index (χ4n) is 1.09. The lowest BCUT2D eigenvalue weighted by atomic mass is 10.3. The van der Waals surface area contributed by atoms with Gasteiger partial charge in [0.25, 0.3) is 0 Å². The minimum atomic E-state index is -0.760. The molecule has 81 valence electrons. The zero-order valence-corrected chi connectivity index (χ0v) is 9.46. The van der Waals surface area contributed by atoms with Crippen molar-refractivity contribution >= 4 is 15.9 Å². The summed E-state index contributed by atoms with van der Waals surface area (Å²) in [5.41, 5.74) is 0. The number of hydrogen-bond donors (Lipinski definition) is 0. The van der Waals surface area contributed by atoms with E-state index in [1.165, 1.54) is 18.3 Å². The van der Waals surface area contributed by atoms with Gasteiger partial charge in [0.1, 0.15) is 5.75 Å². The lowest BCUT2D eigenvalue weighted by Gasteiger charge is -2.08. The average Bonchev–Trinajstić information content (AvgIpc) is 2.26. The summed E-state index contributed by atoms with van der Waals surface area (Å²) in [5, 5.41) is 0. The van der Waals surface area contributed by atoms with Crippen LogP contribution in [0.15, 0.2) is 34.9 Å². The molecule has 0 saturated carbocycles. The van der Waals surface area contributed by atoms with Gasteiger partial charge in [0.15, 0.2) is 17.4 Å². The molecule has 16 heavy (non-hydrogen) atoms. The largest absolute Gasteiger partial charge is 0.450 e. The molecule has 1 radical (unpaired) electrons. The monoisotopic (exact) mass is 284 g/mol. The van der Waals surface area contributed by atoms with E-state index in [1.807, 2.05) is 0 Å². The Bertz CT molecular complexity index is 499. The van der Waals surface area contributed by atoms with Gasteiger partial charge in [-0.05, 0) is 28.1 Å². The maximum Gasteiger partial charge on any atom is 0.198 e. The topological polar surface area (TPSA) is 22.1 Å². The lowest BCUT2D eigenvalue weighted by molar-refractivity contribution is 0.405. The van der Waals surface area contributed by atoms with Crippen molar-refractivity contribution in [2.45, 2.75) is 0 Å². The summed E-state index contributed by atoms with van der Waals surface area (Å²) in [6.07, 6.45) is 3.94. The summed E-state index contributed by atoms with van der Waals surface area (Å²) in [6.45, 7) is 0. The molecule has 0 aliphatic carbocycles. The van der Waals surface area contributed by atoms with Gasteiger partial charge in [-0.1, -0.05) is 6.07 Å². The zero-order valence-electron chi connectivity index (χ0n) is 7.88. The van der Waals surface area contributed by atoms with Crippen LogP contribution in [0.4, 0.5) is 8.78 Å². The van der Waals surface area contributed by atoms with Gasteiger partial charge >= 0.3 is 0 Å². The van der Waals surface area contributed by atoms with Crippen molar-refractivity contribution in [3.05, 3.63) is 52.8 Å². The van der Waals surface area contributed by atoms with Crippen molar-refractivity contribution in [2.24, 2.45) is 0 Å². The number of ether oxygens (including phenoxy) is 1. The molecular formula is C11H5BrF2NO. The zero-order chi connectivity index (χ0) is 11.5. The normalized spacial score (nSPS) is 10.2. The quantitative estimate of drug-likeness (QED) is 0.839. The summed E-state index contributed by atoms with van der Waals surface area (Å²) in [5.74, 6) is -1.71. The maximum atomic E-state index is 13.3. The lowest BCUT2D eigenvalue weighted by Crippen LogP contribution is -1.93. The molecule has 0 atom stereocenters. The summed E-state index contributed by atoms with van der Waals surface area (Å²) < 4.78 is 32.1. The molecular weight excluding hydrogens is 280 g/mol. The maximum absolute atomic E-state index is 13.3.